The molecule has 4 rings (SSSR count). The van der Waals surface area contributed by atoms with Crippen molar-refractivity contribution in [2.45, 2.75) is 37.1 Å². The van der Waals surface area contributed by atoms with Crippen LogP contribution >= 0.6 is 0 Å². The topological polar surface area (TPSA) is 99.5 Å². The maximum absolute atomic E-state index is 12.4. The average molecular weight is 377 g/mol. The van der Waals surface area contributed by atoms with Gasteiger partial charge in [0.15, 0.2) is 11.5 Å². The summed E-state index contributed by atoms with van der Waals surface area (Å²) < 4.78 is 39.1. The number of aryl methyl sites for hydroxylation is 2. The van der Waals surface area contributed by atoms with Gasteiger partial charge in [-0.1, -0.05) is 0 Å². The summed E-state index contributed by atoms with van der Waals surface area (Å²) in [6, 6.07) is 6.06. The van der Waals surface area contributed by atoms with Crippen molar-refractivity contribution in [1.29, 1.82) is 0 Å². The highest BCUT2D eigenvalue weighted by Crippen LogP contribution is 2.33. The monoisotopic (exact) mass is 377 g/mol. The molecule has 2 aliphatic rings. The Bertz CT molecular complexity index is 1000. The Kier molecular flexibility index (Phi) is 4.41. The van der Waals surface area contributed by atoms with Crippen LogP contribution in [0.5, 0.6) is 11.5 Å². The maximum atomic E-state index is 12.4. The fraction of sp³-hybridized carbons (Fsp3) is 0.412. The average Bonchev–Trinajstić information content (AvgIpc) is 3.10. The van der Waals surface area contributed by atoms with Crippen molar-refractivity contribution in [2.24, 2.45) is 0 Å². The van der Waals surface area contributed by atoms with Crippen LogP contribution in [0.1, 0.15) is 24.1 Å². The van der Waals surface area contributed by atoms with Gasteiger partial charge in [0.2, 0.25) is 16.8 Å². The molecule has 0 fully saturated rings. The highest BCUT2D eigenvalue weighted by molar-refractivity contribution is 7.89. The summed E-state index contributed by atoms with van der Waals surface area (Å²) in [4.78, 5) is 12.2. The molecule has 26 heavy (non-hydrogen) atoms. The van der Waals surface area contributed by atoms with Crippen LogP contribution < -0.4 is 19.8 Å². The quantitative estimate of drug-likeness (QED) is 0.829. The van der Waals surface area contributed by atoms with Crippen molar-refractivity contribution in [3.8, 4) is 11.5 Å². The molecular formula is C17H19N3O5S. The fourth-order valence-corrected chi connectivity index (χ4v) is 4.21. The molecule has 0 unspecified atom stereocenters. The number of sulfonamides is 1. The van der Waals surface area contributed by atoms with E-state index in [1.54, 1.807) is 12.1 Å². The van der Waals surface area contributed by atoms with Gasteiger partial charge in [-0.2, -0.15) is 5.10 Å². The van der Waals surface area contributed by atoms with E-state index in [1.807, 2.05) is 0 Å². The van der Waals surface area contributed by atoms with Gasteiger partial charge < -0.3 is 9.47 Å². The second kappa shape index (κ2) is 6.73. The molecule has 2 heterocycles. The third-order valence-electron chi connectivity index (χ3n) is 4.54. The first-order chi connectivity index (χ1) is 12.5. The Morgan fingerprint density at radius 2 is 1.92 bits per heavy atom. The molecule has 0 radical (unpaired) electrons. The van der Waals surface area contributed by atoms with E-state index in [-0.39, 0.29) is 30.3 Å². The molecule has 1 aromatic carbocycles. The molecule has 0 spiro atoms. The van der Waals surface area contributed by atoms with Gasteiger partial charge in [0.25, 0.3) is 5.56 Å². The van der Waals surface area contributed by atoms with Crippen LogP contribution in [-0.2, 0) is 29.4 Å². The van der Waals surface area contributed by atoms with E-state index in [2.05, 4.69) is 9.82 Å². The zero-order chi connectivity index (χ0) is 18.1. The van der Waals surface area contributed by atoms with Crippen LogP contribution in [0, 0.1) is 0 Å². The summed E-state index contributed by atoms with van der Waals surface area (Å²) in [5.41, 5.74) is 1.75. The van der Waals surface area contributed by atoms with Crippen molar-refractivity contribution in [3.63, 3.8) is 0 Å². The van der Waals surface area contributed by atoms with Gasteiger partial charge in [0.1, 0.15) is 0 Å². The lowest BCUT2D eigenvalue weighted by atomic mass is 9.97. The lowest BCUT2D eigenvalue weighted by Gasteiger charge is -2.16. The molecule has 1 aromatic heterocycles. The number of benzene rings is 1. The summed E-state index contributed by atoms with van der Waals surface area (Å²) in [7, 11) is -3.71. The maximum Gasteiger partial charge on any atom is 0.267 e. The Morgan fingerprint density at radius 3 is 2.81 bits per heavy atom. The highest BCUT2D eigenvalue weighted by atomic mass is 32.2. The molecule has 9 heteroatoms. The molecule has 1 aliphatic heterocycles. The number of aromatic nitrogens is 2. The minimum Gasteiger partial charge on any atom is -0.454 e. The van der Waals surface area contributed by atoms with E-state index in [0.717, 1.165) is 36.9 Å². The summed E-state index contributed by atoms with van der Waals surface area (Å²) in [6.07, 6.45) is 3.89. The number of nitrogens with zero attached hydrogens (tertiary/aromatic N) is 2. The zero-order valence-corrected chi connectivity index (χ0v) is 14.9. The molecular weight excluding hydrogens is 358 g/mol. The van der Waals surface area contributed by atoms with E-state index >= 15 is 0 Å². The van der Waals surface area contributed by atoms with Crippen molar-refractivity contribution < 1.29 is 17.9 Å². The number of ether oxygens (including phenoxy) is 2. The number of nitrogens with one attached hydrogen (secondary N) is 1. The first kappa shape index (κ1) is 17.0. The molecule has 0 atom stereocenters. The molecule has 8 nitrogen and oxygen atoms in total. The van der Waals surface area contributed by atoms with Gasteiger partial charge >= 0.3 is 0 Å². The molecule has 2 aromatic rings. The van der Waals surface area contributed by atoms with E-state index in [9.17, 15) is 13.2 Å². The largest absolute Gasteiger partial charge is 0.454 e. The van der Waals surface area contributed by atoms with Gasteiger partial charge in [-0.05, 0) is 43.4 Å². The zero-order valence-electron chi connectivity index (χ0n) is 14.1. The third-order valence-corrected chi connectivity index (χ3v) is 6.00. The lowest BCUT2D eigenvalue weighted by Crippen LogP contribution is -2.33. The fourth-order valence-electron chi connectivity index (χ4n) is 3.17. The number of fused-ring (bicyclic) bond motifs is 2. The second-order valence-corrected chi connectivity index (χ2v) is 8.06. The summed E-state index contributed by atoms with van der Waals surface area (Å²) in [5, 5.41) is 4.39. The Balaban J connectivity index is 1.45. The Morgan fingerprint density at radius 1 is 1.12 bits per heavy atom. The Hall–Kier alpha value is -2.39. The van der Waals surface area contributed by atoms with Crippen LogP contribution in [-0.4, -0.2) is 31.5 Å². The van der Waals surface area contributed by atoms with E-state index in [4.69, 9.17) is 9.47 Å². The minimum atomic E-state index is -3.71. The van der Waals surface area contributed by atoms with Crippen molar-refractivity contribution in [3.05, 3.63) is 45.9 Å². The van der Waals surface area contributed by atoms with Crippen molar-refractivity contribution >= 4 is 10.0 Å². The van der Waals surface area contributed by atoms with Crippen LogP contribution in [0.25, 0.3) is 0 Å². The van der Waals surface area contributed by atoms with Gasteiger partial charge in [-0.15, -0.1) is 0 Å². The Labute approximate surface area is 150 Å². The van der Waals surface area contributed by atoms with E-state index in [1.165, 1.54) is 16.8 Å². The van der Waals surface area contributed by atoms with Gasteiger partial charge in [0, 0.05) is 18.7 Å². The molecule has 0 amide bonds. The summed E-state index contributed by atoms with van der Waals surface area (Å²) in [6.45, 7) is 0.331. The van der Waals surface area contributed by atoms with Gasteiger partial charge in [-0.25, -0.2) is 17.8 Å². The van der Waals surface area contributed by atoms with Crippen LogP contribution in [0.15, 0.2) is 34.0 Å². The minimum absolute atomic E-state index is 0.0719. The van der Waals surface area contributed by atoms with Gasteiger partial charge in [-0.3, -0.25) is 4.79 Å². The van der Waals surface area contributed by atoms with Gasteiger partial charge in [0.05, 0.1) is 17.1 Å². The third kappa shape index (κ3) is 3.32. The molecule has 0 saturated carbocycles. The second-order valence-electron chi connectivity index (χ2n) is 6.30. The van der Waals surface area contributed by atoms with Crippen molar-refractivity contribution in [1.82, 2.24) is 14.5 Å². The summed E-state index contributed by atoms with van der Waals surface area (Å²) in [5.74, 6) is 0.925. The molecule has 138 valence electrons. The molecule has 1 aliphatic carbocycles. The highest BCUT2D eigenvalue weighted by Gasteiger charge is 2.20. The van der Waals surface area contributed by atoms with Crippen LogP contribution in [0.3, 0.4) is 0 Å². The van der Waals surface area contributed by atoms with Crippen molar-refractivity contribution in [2.75, 3.05) is 13.3 Å². The van der Waals surface area contributed by atoms with Crippen LogP contribution in [0.4, 0.5) is 0 Å². The number of hydrogen-bond donors (Lipinski definition) is 1. The number of rotatable bonds is 5. The molecule has 0 saturated heterocycles. The number of hydrogen-bond acceptors (Lipinski definition) is 6. The first-order valence-corrected chi connectivity index (χ1v) is 10.0. The predicted molar refractivity (Wildman–Crippen MR) is 92.9 cm³/mol. The predicted octanol–water partition coefficient (Wildman–Crippen LogP) is 0.829. The molecule has 0 bridgehead atoms. The van der Waals surface area contributed by atoms with E-state index in [0.29, 0.717) is 11.5 Å². The van der Waals surface area contributed by atoms with E-state index < -0.39 is 10.0 Å². The smallest absolute Gasteiger partial charge is 0.267 e. The SMILES string of the molecule is O=c1cc2c(nn1CCNS(=O)(=O)c1ccc3c(c1)OCO3)CCCC2. The standard InChI is InChI=1S/C17H19N3O5S/c21-17-9-12-3-1-2-4-14(12)19-20(17)8-7-18-26(22,23)13-5-6-15-16(10-13)25-11-24-15/h5-6,9-10,18H,1-4,7-8,11H2. The van der Waals surface area contributed by atoms with Crippen LogP contribution in [0.2, 0.25) is 0 Å². The molecule has 1 N–H and O–H groups in total. The first-order valence-electron chi connectivity index (χ1n) is 8.52. The normalized spacial score (nSPS) is 15.7. The summed E-state index contributed by atoms with van der Waals surface area (Å²) >= 11 is 0. The lowest BCUT2D eigenvalue weighted by molar-refractivity contribution is 0.174.